The van der Waals surface area contributed by atoms with E-state index >= 15 is 0 Å². The van der Waals surface area contributed by atoms with Gasteiger partial charge >= 0.3 is 0 Å². The van der Waals surface area contributed by atoms with Gasteiger partial charge < -0.3 is 15.7 Å². The van der Waals surface area contributed by atoms with Crippen molar-refractivity contribution in [1.82, 2.24) is 5.32 Å². The monoisotopic (exact) mass is 332 g/mol. The average Bonchev–Trinajstić information content (AvgIpc) is 3.09. The molecule has 2 amide bonds. The van der Waals surface area contributed by atoms with E-state index in [9.17, 15) is 9.59 Å². The summed E-state index contributed by atoms with van der Waals surface area (Å²) in [6.45, 7) is 0.515. The van der Waals surface area contributed by atoms with Gasteiger partial charge in [0.1, 0.15) is 0 Å². The summed E-state index contributed by atoms with van der Waals surface area (Å²) in [5.74, 6) is 0.687. The van der Waals surface area contributed by atoms with Crippen LogP contribution in [0.4, 0.5) is 5.69 Å². The normalized spacial score (nSPS) is 14.5. The molecular formula is C19H28N2O3. The molecule has 5 nitrogen and oxygen atoms in total. The van der Waals surface area contributed by atoms with Crippen LogP contribution in [-0.2, 0) is 4.79 Å². The third-order valence-electron chi connectivity index (χ3n) is 4.54. The van der Waals surface area contributed by atoms with Gasteiger partial charge in [-0.3, -0.25) is 9.59 Å². The van der Waals surface area contributed by atoms with Crippen LogP contribution in [0.25, 0.3) is 0 Å². The number of amides is 2. The molecule has 1 aromatic rings. The van der Waals surface area contributed by atoms with Crippen molar-refractivity contribution in [3.63, 3.8) is 0 Å². The van der Waals surface area contributed by atoms with Gasteiger partial charge in [-0.2, -0.15) is 0 Å². The van der Waals surface area contributed by atoms with E-state index in [0.717, 1.165) is 18.8 Å². The van der Waals surface area contributed by atoms with Crippen LogP contribution in [0.2, 0.25) is 0 Å². The Kier molecular flexibility index (Phi) is 7.75. The van der Waals surface area contributed by atoms with Crippen molar-refractivity contribution < 1.29 is 14.7 Å². The maximum Gasteiger partial charge on any atom is 0.251 e. The highest BCUT2D eigenvalue weighted by Crippen LogP contribution is 2.28. The number of nitrogens with one attached hydrogen (secondary N) is 2. The van der Waals surface area contributed by atoms with Gasteiger partial charge in [-0.15, -0.1) is 0 Å². The van der Waals surface area contributed by atoms with E-state index in [-0.39, 0.29) is 18.4 Å². The number of hydrogen-bond donors (Lipinski definition) is 3. The molecule has 0 heterocycles. The summed E-state index contributed by atoms with van der Waals surface area (Å²) >= 11 is 0. The van der Waals surface area contributed by atoms with Gasteiger partial charge in [0.15, 0.2) is 0 Å². The summed E-state index contributed by atoms with van der Waals surface area (Å²) in [4.78, 5) is 23.8. The lowest BCUT2D eigenvalue weighted by Crippen LogP contribution is -2.25. The zero-order valence-electron chi connectivity index (χ0n) is 14.2. The standard InChI is InChI=1S/C19H28N2O3/c22-14-4-13-20-19(24)16-9-11-17(12-10-16)21-18(23)8-3-7-15-5-1-2-6-15/h9-12,15,22H,1-8,13-14H2,(H,20,24)(H,21,23). The molecule has 0 radical (unpaired) electrons. The smallest absolute Gasteiger partial charge is 0.251 e. The third-order valence-corrected chi connectivity index (χ3v) is 4.54. The zero-order chi connectivity index (χ0) is 17.2. The van der Waals surface area contributed by atoms with E-state index in [1.807, 2.05) is 0 Å². The largest absolute Gasteiger partial charge is 0.396 e. The Hall–Kier alpha value is -1.88. The molecule has 132 valence electrons. The second kappa shape index (κ2) is 10.1. The first kappa shape index (κ1) is 18.5. The fourth-order valence-corrected chi connectivity index (χ4v) is 3.16. The van der Waals surface area contributed by atoms with Gasteiger partial charge in [0.25, 0.3) is 5.91 Å². The molecule has 1 aliphatic rings. The van der Waals surface area contributed by atoms with Crippen molar-refractivity contribution in [3.8, 4) is 0 Å². The summed E-state index contributed by atoms with van der Waals surface area (Å²) < 4.78 is 0. The van der Waals surface area contributed by atoms with Crippen LogP contribution in [-0.4, -0.2) is 30.1 Å². The minimum atomic E-state index is -0.169. The molecule has 0 atom stereocenters. The second-order valence-electron chi connectivity index (χ2n) is 6.50. The summed E-state index contributed by atoms with van der Waals surface area (Å²) in [7, 11) is 0. The molecule has 0 bridgehead atoms. The number of benzene rings is 1. The lowest BCUT2D eigenvalue weighted by molar-refractivity contribution is -0.116. The lowest BCUT2D eigenvalue weighted by Gasteiger charge is -2.09. The number of carbonyl (C=O) groups excluding carboxylic acids is 2. The SMILES string of the molecule is O=C(CCCC1CCCC1)Nc1ccc(C(=O)NCCCO)cc1. The highest BCUT2D eigenvalue weighted by atomic mass is 16.3. The summed E-state index contributed by atoms with van der Waals surface area (Å²) in [6, 6.07) is 6.89. The molecular weight excluding hydrogens is 304 g/mol. The molecule has 1 fully saturated rings. The number of aliphatic hydroxyl groups is 1. The predicted molar refractivity (Wildman–Crippen MR) is 94.9 cm³/mol. The first-order valence-corrected chi connectivity index (χ1v) is 8.98. The molecule has 0 aromatic heterocycles. The first-order chi connectivity index (χ1) is 11.7. The summed E-state index contributed by atoms with van der Waals surface area (Å²) in [5, 5.41) is 14.3. The second-order valence-corrected chi connectivity index (χ2v) is 6.50. The maximum absolute atomic E-state index is 12.0. The van der Waals surface area contributed by atoms with Gasteiger partial charge in [0, 0.05) is 30.8 Å². The molecule has 1 saturated carbocycles. The van der Waals surface area contributed by atoms with Gasteiger partial charge in [-0.05, 0) is 49.4 Å². The van der Waals surface area contributed by atoms with Crippen molar-refractivity contribution >= 4 is 17.5 Å². The Labute approximate surface area is 143 Å². The summed E-state index contributed by atoms with van der Waals surface area (Å²) in [6.07, 6.45) is 8.53. The van der Waals surface area contributed by atoms with E-state index in [1.54, 1.807) is 24.3 Å². The quantitative estimate of drug-likeness (QED) is 0.608. The van der Waals surface area contributed by atoms with Crippen molar-refractivity contribution in [2.24, 2.45) is 5.92 Å². The molecule has 2 rings (SSSR count). The molecule has 0 saturated heterocycles. The van der Waals surface area contributed by atoms with Gasteiger partial charge in [0.2, 0.25) is 5.91 Å². The van der Waals surface area contributed by atoms with Gasteiger partial charge in [-0.25, -0.2) is 0 Å². The van der Waals surface area contributed by atoms with Crippen LogP contribution >= 0.6 is 0 Å². The minimum absolute atomic E-state index is 0.0353. The molecule has 3 N–H and O–H groups in total. The number of carbonyl (C=O) groups is 2. The Bertz CT molecular complexity index is 522. The van der Waals surface area contributed by atoms with Crippen LogP contribution in [0.15, 0.2) is 24.3 Å². The van der Waals surface area contributed by atoms with E-state index in [4.69, 9.17) is 5.11 Å². The van der Waals surface area contributed by atoms with Gasteiger partial charge in [-0.1, -0.05) is 25.7 Å². The van der Waals surface area contributed by atoms with E-state index < -0.39 is 0 Å². The molecule has 0 unspecified atom stereocenters. The van der Waals surface area contributed by atoms with E-state index in [1.165, 1.54) is 25.7 Å². The van der Waals surface area contributed by atoms with Crippen LogP contribution in [0.5, 0.6) is 0 Å². The molecule has 0 spiro atoms. The molecule has 0 aliphatic heterocycles. The minimum Gasteiger partial charge on any atom is -0.396 e. The lowest BCUT2D eigenvalue weighted by atomic mass is 10.0. The van der Waals surface area contributed by atoms with Crippen molar-refractivity contribution in [2.75, 3.05) is 18.5 Å². The fourth-order valence-electron chi connectivity index (χ4n) is 3.16. The highest BCUT2D eigenvalue weighted by Gasteiger charge is 2.15. The Morgan fingerprint density at radius 3 is 2.46 bits per heavy atom. The molecule has 1 aromatic carbocycles. The van der Waals surface area contributed by atoms with Gasteiger partial charge in [0.05, 0.1) is 0 Å². The zero-order valence-corrected chi connectivity index (χ0v) is 14.2. The first-order valence-electron chi connectivity index (χ1n) is 8.98. The number of aliphatic hydroxyl groups excluding tert-OH is 1. The van der Waals surface area contributed by atoms with Crippen LogP contribution < -0.4 is 10.6 Å². The van der Waals surface area contributed by atoms with E-state index in [0.29, 0.717) is 30.6 Å². The number of hydrogen-bond acceptors (Lipinski definition) is 3. The molecule has 24 heavy (non-hydrogen) atoms. The summed E-state index contributed by atoms with van der Waals surface area (Å²) in [5.41, 5.74) is 1.26. The Balaban J connectivity index is 1.70. The van der Waals surface area contributed by atoms with Crippen molar-refractivity contribution in [1.29, 1.82) is 0 Å². The average molecular weight is 332 g/mol. The third kappa shape index (κ3) is 6.32. The Morgan fingerprint density at radius 1 is 1.08 bits per heavy atom. The van der Waals surface area contributed by atoms with Crippen molar-refractivity contribution in [2.45, 2.75) is 51.4 Å². The van der Waals surface area contributed by atoms with E-state index in [2.05, 4.69) is 10.6 Å². The predicted octanol–water partition coefficient (Wildman–Crippen LogP) is 3.10. The number of anilines is 1. The topological polar surface area (TPSA) is 78.4 Å². The highest BCUT2D eigenvalue weighted by molar-refractivity contribution is 5.95. The molecule has 5 heteroatoms. The maximum atomic E-state index is 12.0. The van der Waals surface area contributed by atoms with Crippen molar-refractivity contribution in [3.05, 3.63) is 29.8 Å². The number of rotatable bonds is 9. The fraction of sp³-hybridized carbons (Fsp3) is 0.579. The van der Waals surface area contributed by atoms with Crippen LogP contribution in [0, 0.1) is 5.92 Å². The van der Waals surface area contributed by atoms with Crippen LogP contribution in [0.3, 0.4) is 0 Å². The van der Waals surface area contributed by atoms with Crippen LogP contribution in [0.1, 0.15) is 61.7 Å². The molecule has 1 aliphatic carbocycles. The Morgan fingerprint density at radius 2 is 1.79 bits per heavy atom.